The van der Waals surface area contributed by atoms with E-state index in [1.165, 1.54) is 15.6 Å². The minimum Gasteiger partial charge on any atom is -0.259 e. The maximum atomic E-state index is 12.4. The van der Waals surface area contributed by atoms with E-state index in [2.05, 4.69) is 0 Å². The van der Waals surface area contributed by atoms with Crippen molar-refractivity contribution < 1.29 is 12.6 Å². The SMILES string of the molecule is Cc1cc(S(=O)(=O)N2CCS(=O)CC2)sc1CCl. The van der Waals surface area contributed by atoms with Crippen molar-refractivity contribution in [1.82, 2.24) is 4.31 Å². The average Bonchev–Trinajstić information content (AvgIpc) is 2.72. The lowest BCUT2D eigenvalue weighted by Crippen LogP contribution is -2.41. The summed E-state index contributed by atoms with van der Waals surface area (Å²) in [5.74, 6) is 1.17. The van der Waals surface area contributed by atoms with Crippen molar-refractivity contribution in [2.24, 2.45) is 0 Å². The fourth-order valence-electron chi connectivity index (χ4n) is 1.74. The summed E-state index contributed by atoms with van der Waals surface area (Å²) in [5.41, 5.74) is 0.911. The van der Waals surface area contributed by atoms with Crippen LogP contribution in [0, 0.1) is 6.92 Å². The highest BCUT2D eigenvalue weighted by Crippen LogP contribution is 2.29. The first-order valence-corrected chi connectivity index (χ1v) is 9.73. The third-order valence-electron chi connectivity index (χ3n) is 2.85. The minimum absolute atomic E-state index is 0.329. The second-order valence-electron chi connectivity index (χ2n) is 4.06. The third-order valence-corrected chi connectivity index (χ3v) is 8.14. The highest BCUT2D eigenvalue weighted by atomic mass is 35.5. The summed E-state index contributed by atoms with van der Waals surface area (Å²) in [7, 11) is -4.32. The number of hydrogen-bond donors (Lipinski definition) is 0. The van der Waals surface area contributed by atoms with Gasteiger partial charge in [-0.25, -0.2) is 8.42 Å². The first-order chi connectivity index (χ1) is 8.45. The van der Waals surface area contributed by atoms with Gasteiger partial charge in [0.05, 0.1) is 5.88 Å². The summed E-state index contributed by atoms with van der Waals surface area (Å²) in [4.78, 5) is 0.885. The van der Waals surface area contributed by atoms with E-state index in [9.17, 15) is 12.6 Å². The smallest absolute Gasteiger partial charge is 0.252 e. The Hall–Kier alpha value is 0.0500. The molecule has 0 amide bonds. The summed E-state index contributed by atoms with van der Waals surface area (Å²) < 4.78 is 37.7. The summed E-state index contributed by atoms with van der Waals surface area (Å²) in [6.45, 7) is 2.53. The van der Waals surface area contributed by atoms with Crippen molar-refractivity contribution in [1.29, 1.82) is 0 Å². The molecule has 0 unspecified atom stereocenters. The van der Waals surface area contributed by atoms with E-state index in [1.54, 1.807) is 6.07 Å². The van der Waals surface area contributed by atoms with Crippen molar-refractivity contribution in [3.05, 3.63) is 16.5 Å². The van der Waals surface area contributed by atoms with Crippen LogP contribution in [0.3, 0.4) is 0 Å². The molecule has 4 nitrogen and oxygen atoms in total. The Morgan fingerprint density at radius 2 is 2.06 bits per heavy atom. The molecule has 2 heterocycles. The number of aryl methyl sites for hydroxylation is 1. The molecule has 0 aromatic carbocycles. The van der Waals surface area contributed by atoms with Crippen LogP contribution in [-0.2, 0) is 26.7 Å². The molecule has 1 fully saturated rings. The fourth-order valence-corrected chi connectivity index (χ4v) is 6.43. The molecule has 1 aromatic heterocycles. The van der Waals surface area contributed by atoms with Gasteiger partial charge in [-0.05, 0) is 18.6 Å². The van der Waals surface area contributed by atoms with Crippen LogP contribution < -0.4 is 0 Å². The Morgan fingerprint density at radius 3 is 2.56 bits per heavy atom. The molecule has 2 rings (SSSR count). The number of halogens is 1. The van der Waals surface area contributed by atoms with Gasteiger partial charge in [-0.15, -0.1) is 22.9 Å². The van der Waals surface area contributed by atoms with E-state index in [0.29, 0.717) is 34.7 Å². The fraction of sp³-hybridized carbons (Fsp3) is 0.600. The van der Waals surface area contributed by atoms with E-state index in [1.807, 2.05) is 6.92 Å². The maximum absolute atomic E-state index is 12.4. The molecule has 0 saturated carbocycles. The Balaban J connectivity index is 2.27. The zero-order chi connectivity index (χ0) is 13.3. The largest absolute Gasteiger partial charge is 0.259 e. The lowest BCUT2D eigenvalue weighted by Gasteiger charge is -2.24. The van der Waals surface area contributed by atoms with Crippen LogP contribution in [0.2, 0.25) is 0 Å². The normalized spacial score (nSPS) is 19.2. The van der Waals surface area contributed by atoms with Gasteiger partial charge < -0.3 is 0 Å². The Kier molecular flexibility index (Phi) is 4.48. The zero-order valence-electron chi connectivity index (χ0n) is 9.89. The van der Waals surface area contributed by atoms with Gasteiger partial charge in [-0.1, -0.05) is 0 Å². The number of alkyl halides is 1. The van der Waals surface area contributed by atoms with Gasteiger partial charge in [0.1, 0.15) is 4.21 Å². The van der Waals surface area contributed by atoms with Crippen LogP contribution in [0.1, 0.15) is 10.4 Å². The lowest BCUT2D eigenvalue weighted by atomic mass is 10.3. The predicted molar refractivity (Wildman–Crippen MR) is 75.2 cm³/mol. The van der Waals surface area contributed by atoms with E-state index in [-0.39, 0.29) is 0 Å². The molecule has 0 atom stereocenters. The zero-order valence-corrected chi connectivity index (χ0v) is 13.1. The molecule has 0 spiro atoms. The molecule has 0 bridgehead atoms. The molecule has 102 valence electrons. The van der Waals surface area contributed by atoms with E-state index in [0.717, 1.165) is 10.4 Å². The number of hydrogen-bond acceptors (Lipinski definition) is 4. The van der Waals surface area contributed by atoms with Crippen molar-refractivity contribution in [2.75, 3.05) is 24.6 Å². The molecular formula is C10H14ClNO3S3. The van der Waals surface area contributed by atoms with Crippen LogP contribution in [0.25, 0.3) is 0 Å². The lowest BCUT2D eigenvalue weighted by molar-refractivity contribution is 0.440. The van der Waals surface area contributed by atoms with Crippen LogP contribution >= 0.6 is 22.9 Å². The summed E-state index contributed by atoms with van der Waals surface area (Å²) in [6, 6.07) is 1.67. The Bertz CT molecular complexity index is 557. The van der Waals surface area contributed by atoms with Gasteiger partial charge in [0, 0.05) is 40.3 Å². The van der Waals surface area contributed by atoms with Gasteiger partial charge in [0.15, 0.2) is 0 Å². The molecule has 1 saturated heterocycles. The molecule has 1 aliphatic rings. The monoisotopic (exact) mass is 327 g/mol. The molecule has 0 radical (unpaired) electrons. The predicted octanol–water partition coefficient (Wildman–Crippen LogP) is 1.55. The molecule has 0 N–H and O–H groups in total. The second kappa shape index (κ2) is 5.58. The van der Waals surface area contributed by atoms with Crippen molar-refractivity contribution in [3.8, 4) is 0 Å². The van der Waals surface area contributed by atoms with Crippen LogP contribution in [0.15, 0.2) is 10.3 Å². The quantitative estimate of drug-likeness (QED) is 0.791. The van der Waals surface area contributed by atoms with E-state index >= 15 is 0 Å². The first kappa shape index (κ1) is 14.5. The van der Waals surface area contributed by atoms with Gasteiger partial charge in [0.2, 0.25) is 0 Å². The maximum Gasteiger partial charge on any atom is 0.252 e. The summed E-state index contributed by atoms with van der Waals surface area (Å²) >= 11 is 6.99. The van der Waals surface area contributed by atoms with Gasteiger partial charge in [0.25, 0.3) is 10.0 Å². The molecule has 1 aromatic rings. The Labute approximate surface area is 118 Å². The Morgan fingerprint density at radius 1 is 1.44 bits per heavy atom. The number of rotatable bonds is 3. The molecular weight excluding hydrogens is 314 g/mol. The summed E-state index contributed by atoms with van der Waals surface area (Å²) in [6.07, 6.45) is 0. The first-order valence-electron chi connectivity index (χ1n) is 5.45. The number of nitrogens with zero attached hydrogens (tertiary/aromatic N) is 1. The topological polar surface area (TPSA) is 54.5 Å². The minimum atomic E-state index is -3.44. The van der Waals surface area contributed by atoms with E-state index < -0.39 is 20.8 Å². The molecule has 18 heavy (non-hydrogen) atoms. The highest BCUT2D eigenvalue weighted by molar-refractivity contribution is 7.91. The third kappa shape index (κ3) is 2.80. The number of thiophene rings is 1. The van der Waals surface area contributed by atoms with Gasteiger partial charge in [-0.2, -0.15) is 4.31 Å². The summed E-state index contributed by atoms with van der Waals surface area (Å²) in [5, 5.41) is 0. The second-order valence-corrected chi connectivity index (χ2v) is 9.32. The molecule has 8 heteroatoms. The highest BCUT2D eigenvalue weighted by Gasteiger charge is 2.29. The average molecular weight is 328 g/mol. The van der Waals surface area contributed by atoms with Crippen LogP contribution in [-0.4, -0.2) is 41.5 Å². The van der Waals surface area contributed by atoms with E-state index in [4.69, 9.17) is 11.6 Å². The standard InChI is InChI=1S/C10H14ClNO3S3/c1-8-6-10(16-9(8)7-11)18(14,15)12-2-4-17(13)5-3-12/h6H,2-5,7H2,1H3. The van der Waals surface area contributed by atoms with Crippen LogP contribution in [0.4, 0.5) is 0 Å². The van der Waals surface area contributed by atoms with Gasteiger partial charge in [-0.3, -0.25) is 4.21 Å². The number of sulfonamides is 1. The van der Waals surface area contributed by atoms with Crippen molar-refractivity contribution in [3.63, 3.8) is 0 Å². The molecule has 0 aliphatic carbocycles. The van der Waals surface area contributed by atoms with Crippen LogP contribution in [0.5, 0.6) is 0 Å². The van der Waals surface area contributed by atoms with Crippen molar-refractivity contribution in [2.45, 2.75) is 17.0 Å². The van der Waals surface area contributed by atoms with Crippen molar-refractivity contribution >= 4 is 43.8 Å². The van der Waals surface area contributed by atoms with Gasteiger partial charge >= 0.3 is 0 Å². The molecule has 1 aliphatic heterocycles.